The maximum Gasteiger partial charge on any atom is 0.430 e. The number of ether oxygens (including phenoxy) is 5. The zero-order valence-corrected chi connectivity index (χ0v) is 78.2. The number of halogens is 30. The molecule has 0 amide bonds. The highest BCUT2D eigenvalue weighted by Gasteiger charge is 2.88. The number of hydrogen-bond donors (Lipinski definition) is 5. The van der Waals surface area contributed by atoms with E-state index in [-0.39, 0.29) is 127 Å². The summed E-state index contributed by atoms with van der Waals surface area (Å²) in [4.78, 5) is 63.4. The van der Waals surface area contributed by atoms with Crippen molar-refractivity contribution in [1.82, 2.24) is 0 Å². The van der Waals surface area contributed by atoms with Crippen LogP contribution in [0.25, 0.3) is 0 Å². The van der Waals surface area contributed by atoms with E-state index in [2.05, 4.69) is 11.7 Å². The van der Waals surface area contributed by atoms with Gasteiger partial charge in [0.2, 0.25) is 0 Å². The lowest BCUT2D eigenvalue weighted by Gasteiger charge is -2.52. The number of alkyl halides is 30. The lowest BCUT2D eigenvalue weighted by molar-refractivity contribution is -0.425. The molecule has 14 saturated carbocycles. The Labute approximate surface area is 773 Å². The van der Waals surface area contributed by atoms with Crippen molar-refractivity contribution in [2.24, 2.45) is 178 Å². The van der Waals surface area contributed by atoms with Gasteiger partial charge in [0.1, 0.15) is 6.10 Å². The lowest BCUT2D eigenvalue weighted by atomic mass is 9.66. The maximum atomic E-state index is 13.8. The summed E-state index contributed by atoms with van der Waals surface area (Å²) in [7, 11) is 0. The van der Waals surface area contributed by atoms with E-state index in [1.165, 1.54) is 0 Å². The van der Waals surface area contributed by atoms with Crippen molar-refractivity contribution in [3.63, 3.8) is 0 Å². The number of esters is 5. The molecule has 0 aromatic rings. The van der Waals surface area contributed by atoms with Crippen LogP contribution in [0, 0.1) is 178 Å². The second kappa shape index (κ2) is 38.1. The molecule has 15 nitrogen and oxygen atoms in total. The Morgan fingerprint density at radius 1 is 0.307 bits per heavy atom. The summed E-state index contributed by atoms with van der Waals surface area (Å²) in [5.74, 6) is -11.3. The first kappa shape index (κ1) is 114. The third kappa shape index (κ3) is 19.0. The van der Waals surface area contributed by atoms with Crippen molar-refractivity contribution in [2.75, 3.05) is 0 Å². The smallest absolute Gasteiger partial charge is 0.430 e. The van der Waals surface area contributed by atoms with Gasteiger partial charge in [-0.1, -0.05) is 110 Å². The predicted octanol–water partition coefficient (Wildman–Crippen LogP) is 23.4. The lowest BCUT2D eigenvalue weighted by Crippen LogP contribution is -2.75. The molecule has 0 radical (unpaired) electrons. The molecule has 794 valence electrons. The molecular weight excluding hydrogens is 1910 g/mol. The fraction of sp³-hybridized carbons (Fsp3) is 0.946. The Morgan fingerprint density at radius 3 is 0.854 bits per heavy atom. The van der Waals surface area contributed by atoms with Gasteiger partial charge in [0.15, 0.2) is 22.9 Å². The first-order valence-corrected chi connectivity index (χ1v) is 47.3. The van der Waals surface area contributed by atoms with Gasteiger partial charge in [-0.05, 0) is 277 Å². The SMILES string of the molecule is CC1C2CC(C(=O)OC(C(C)C)(C(C)C)C(O)(C(F)(F)F)C(F)(F)F)C(C2)C1C.CC1C2CC(C(=O)OC(C)C(O)(C(F)(F)F)C(F)(F)F)C(C2)C1C.CC1C2CC(C(=O)OC(C3CCCC3)C(O)(C(F)(F)F)C(F)(F)F)C(C2)C1C.CC1C2CC(C(=O)OC3(C(O)(C(F)(F)F)C(F)(F)F)CC4CCC3C4)C(C2)C1C.CC1C2CC(C(=O)OC3(C(O)(C(F)(F)F)C(F)(F)F)CCCC3)C(C2)C1C. The van der Waals surface area contributed by atoms with Crippen LogP contribution in [0.1, 0.15) is 245 Å². The number of hydrogen-bond acceptors (Lipinski definition) is 15. The minimum atomic E-state index is -6.09. The standard InChI is InChI=1S/C20H26F6O3.C20H30F6O3.C19H26F6O3.C18H24F6O3.C15H20F6O3/c1-9-10(2)14-6-12(9)7-15(14)16(27)29-17(8-11-3-4-13(17)5-11)18(28,19(21,22)23)20(24,25)26;1-9(2)17(10(3)4,18(28,19(21,22)23)20(24,25)26)29-16(27)15-8-13-7-14(15)12(6)11(13)5;1-9-10(2)13-7-12(9)8-14(13)16(26)28-15(11-5-3-4-6-11)17(27,18(20,21)22)19(23,24)25;1-9-10(2)12-7-11(9)8-13(12)14(25)27-15(5-3-4-6-15)16(26,17(19,20)21)18(22,23)24;1-6-7(2)10-4-9(6)5-11(10)12(22)24-8(3)13(23,14(16,17)18)15(19,20)21/h9-15,28H,3-8H2,1-2H3;9-15,28H,7-8H2,1-6H3;9-15,27H,3-8H2,1-2H3;9-13,26H,3-8H2,1-2H3;6-11,23H,4-5H2,1-3H3. The third-order valence-corrected chi connectivity index (χ3v) is 37.2. The van der Waals surface area contributed by atoms with Gasteiger partial charge in [-0.2, -0.15) is 132 Å². The van der Waals surface area contributed by atoms with Crippen LogP contribution in [-0.2, 0) is 47.7 Å². The quantitative estimate of drug-likeness (QED) is 0.0488. The number of carbonyl (C=O) groups is 5. The summed E-state index contributed by atoms with van der Waals surface area (Å²) in [6.45, 7) is 24.7. The average molecular weight is 2040 g/mol. The van der Waals surface area contributed by atoms with E-state index in [1.54, 1.807) is 0 Å². The number of aliphatic hydroxyl groups is 5. The van der Waals surface area contributed by atoms with E-state index in [1.807, 2.05) is 62.3 Å². The molecule has 14 aliphatic carbocycles. The van der Waals surface area contributed by atoms with Crippen molar-refractivity contribution < 1.29 is 205 Å². The van der Waals surface area contributed by atoms with Crippen molar-refractivity contribution in [3.8, 4) is 0 Å². The van der Waals surface area contributed by atoms with Crippen LogP contribution >= 0.6 is 0 Å². The first-order valence-electron chi connectivity index (χ1n) is 47.3. The Kier molecular flexibility index (Phi) is 31.7. The Morgan fingerprint density at radius 2 is 0.599 bits per heavy atom. The van der Waals surface area contributed by atoms with Crippen LogP contribution in [0.2, 0.25) is 0 Å². The van der Waals surface area contributed by atoms with Crippen molar-refractivity contribution in [3.05, 3.63) is 0 Å². The van der Waals surface area contributed by atoms with Crippen LogP contribution in [-0.4, -0.2) is 174 Å². The summed E-state index contributed by atoms with van der Waals surface area (Å²) >= 11 is 0. The van der Waals surface area contributed by atoms with Crippen LogP contribution in [0.4, 0.5) is 132 Å². The molecule has 14 aliphatic rings. The van der Waals surface area contributed by atoms with Gasteiger partial charge >= 0.3 is 91.6 Å². The fourth-order valence-corrected chi connectivity index (χ4v) is 28.4. The summed E-state index contributed by atoms with van der Waals surface area (Å²) in [5.41, 5.74) is -34.7. The molecule has 45 heteroatoms. The molecule has 14 rings (SSSR count). The highest BCUT2D eigenvalue weighted by molar-refractivity contribution is 5.77. The maximum absolute atomic E-state index is 13.8. The van der Waals surface area contributed by atoms with Gasteiger partial charge in [-0.3, -0.25) is 24.0 Å². The summed E-state index contributed by atoms with van der Waals surface area (Å²) < 4.78 is 428. The zero-order valence-electron chi connectivity index (χ0n) is 78.2. The van der Waals surface area contributed by atoms with Crippen molar-refractivity contribution in [1.29, 1.82) is 0 Å². The minimum Gasteiger partial charge on any atom is -0.459 e. The Hall–Kier alpha value is -4.95. The summed E-state index contributed by atoms with van der Waals surface area (Å²) in [6, 6.07) is 0. The Balaban J connectivity index is 0.000000177. The molecular formula is C92H126F30O15. The number of fused-ring (bicyclic) bond motifs is 12. The minimum absolute atomic E-state index is 0.0197. The fourth-order valence-electron chi connectivity index (χ4n) is 28.4. The highest BCUT2D eigenvalue weighted by Crippen LogP contribution is 2.69. The van der Waals surface area contributed by atoms with E-state index < -0.39 is 227 Å². The van der Waals surface area contributed by atoms with Gasteiger partial charge in [-0.25, -0.2) is 0 Å². The van der Waals surface area contributed by atoms with Gasteiger partial charge in [0.25, 0.3) is 28.0 Å². The molecule has 30 unspecified atom stereocenters. The summed E-state index contributed by atoms with van der Waals surface area (Å²) in [6.07, 6.45) is -60.2. The normalized spacial score (nSPS) is 36.5. The first-order chi connectivity index (χ1) is 61.9. The average Bonchev–Trinajstić information content (AvgIpc) is 1.58. The van der Waals surface area contributed by atoms with Crippen LogP contribution in [0.3, 0.4) is 0 Å². The highest BCUT2D eigenvalue weighted by atomic mass is 19.5. The van der Waals surface area contributed by atoms with Gasteiger partial charge in [0.05, 0.1) is 29.6 Å². The van der Waals surface area contributed by atoms with E-state index in [4.69, 9.17) is 18.9 Å². The molecule has 137 heavy (non-hydrogen) atoms. The molecule has 0 aromatic carbocycles. The third-order valence-electron chi connectivity index (χ3n) is 37.2. The topological polar surface area (TPSA) is 233 Å². The summed E-state index contributed by atoms with van der Waals surface area (Å²) in [5, 5.41) is 49.5. The molecule has 12 bridgehead atoms. The van der Waals surface area contributed by atoms with Crippen LogP contribution in [0.15, 0.2) is 0 Å². The molecule has 30 atom stereocenters. The largest absolute Gasteiger partial charge is 0.459 e. The van der Waals surface area contributed by atoms with Crippen LogP contribution < -0.4 is 0 Å². The van der Waals surface area contributed by atoms with E-state index in [0.29, 0.717) is 94.3 Å². The molecule has 5 N–H and O–H groups in total. The van der Waals surface area contributed by atoms with E-state index >= 15 is 0 Å². The molecule has 14 fully saturated rings. The van der Waals surface area contributed by atoms with Gasteiger partial charge < -0.3 is 49.2 Å². The molecule has 0 aromatic heterocycles. The van der Waals surface area contributed by atoms with E-state index in [0.717, 1.165) is 53.4 Å². The molecule has 0 spiro atoms. The van der Waals surface area contributed by atoms with Crippen LogP contribution in [0.5, 0.6) is 0 Å². The Bertz CT molecular complexity index is 4120. The zero-order chi connectivity index (χ0) is 104. The molecule has 0 saturated heterocycles. The van der Waals surface area contributed by atoms with E-state index in [9.17, 15) is 181 Å². The van der Waals surface area contributed by atoms with Gasteiger partial charge in [0, 0.05) is 5.92 Å². The second-order valence-corrected chi connectivity index (χ2v) is 43.8. The monoisotopic (exact) mass is 2040 g/mol. The van der Waals surface area contributed by atoms with Gasteiger partial charge in [-0.15, -0.1) is 0 Å². The predicted molar refractivity (Wildman–Crippen MR) is 423 cm³/mol. The second-order valence-electron chi connectivity index (χ2n) is 43.8. The van der Waals surface area contributed by atoms with Crippen molar-refractivity contribution in [2.45, 2.75) is 364 Å². The number of carbonyl (C=O) groups excluding carboxylic acids is 5. The molecule has 0 heterocycles. The number of rotatable bonds is 18. The molecule has 0 aliphatic heterocycles. The van der Waals surface area contributed by atoms with Crippen molar-refractivity contribution >= 4 is 29.8 Å².